The van der Waals surface area contributed by atoms with Gasteiger partial charge >= 0.3 is 5.97 Å². The summed E-state index contributed by atoms with van der Waals surface area (Å²) in [4.78, 5) is 23.8. The highest BCUT2D eigenvalue weighted by molar-refractivity contribution is 5.97. The minimum atomic E-state index is -0.930. The number of aliphatic carboxylic acids is 1. The average molecular weight is 342 g/mol. The van der Waals surface area contributed by atoms with Gasteiger partial charge < -0.3 is 5.11 Å². The maximum atomic E-state index is 12.3. The summed E-state index contributed by atoms with van der Waals surface area (Å²) in [5.74, 6) is -1.75. The maximum absolute atomic E-state index is 12.3. The Morgan fingerprint density at radius 2 is 1.84 bits per heavy atom. The quantitative estimate of drug-likeness (QED) is 0.372. The van der Waals surface area contributed by atoms with Crippen LogP contribution >= 0.6 is 0 Å². The van der Waals surface area contributed by atoms with Crippen LogP contribution in [0.1, 0.15) is 46.5 Å². The van der Waals surface area contributed by atoms with Crippen LogP contribution < -0.4 is 0 Å². The van der Waals surface area contributed by atoms with Crippen LogP contribution in [0, 0.1) is 5.92 Å². The summed E-state index contributed by atoms with van der Waals surface area (Å²) in [6, 6.07) is 0. The molecule has 0 aromatic rings. The highest BCUT2D eigenvalue weighted by Gasteiger charge is 2.21. The van der Waals surface area contributed by atoms with Crippen LogP contribution in [-0.4, -0.2) is 16.9 Å². The molecule has 1 N–H and O–H groups in total. The van der Waals surface area contributed by atoms with Crippen molar-refractivity contribution in [3.8, 4) is 0 Å². The van der Waals surface area contributed by atoms with E-state index >= 15 is 0 Å². The fourth-order valence-corrected chi connectivity index (χ4v) is 2.21. The molecule has 0 aliphatic rings. The normalized spacial score (nSPS) is 14.4. The first kappa shape index (κ1) is 22.6. The van der Waals surface area contributed by atoms with Crippen LogP contribution in [-0.2, 0) is 9.59 Å². The number of hydrogen-bond acceptors (Lipinski definition) is 2. The predicted molar refractivity (Wildman–Crippen MR) is 105 cm³/mol. The third-order valence-electron chi connectivity index (χ3n) is 4.04. The van der Waals surface area contributed by atoms with Gasteiger partial charge in [0.05, 0.1) is 5.92 Å². The van der Waals surface area contributed by atoms with Crippen molar-refractivity contribution in [1.82, 2.24) is 0 Å². The molecule has 3 nitrogen and oxygen atoms in total. The first-order chi connectivity index (χ1) is 11.9. The number of carbonyl (C=O) groups is 2. The van der Waals surface area contributed by atoms with E-state index in [-0.39, 0.29) is 12.2 Å². The van der Waals surface area contributed by atoms with E-state index in [1.807, 2.05) is 38.2 Å². The second-order valence-corrected chi connectivity index (χ2v) is 5.81. The van der Waals surface area contributed by atoms with Crippen molar-refractivity contribution in [2.45, 2.75) is 46.5 Å². The van der Waals surface area contributed by atoms with Crippen molar-refractivity contribution in [3.63, 3.8) is 0 Å². The van der Waals surface area contributed by atoms with E-state index in [2.05, 4.69) is 13.2 Å². The smallest absolute Gasteiger partial charge is 0.306 e. The highest BCUT2D eigenvalue weighted by Crippen LogP contribution is 2.19. The van der Waals surface area contributed by atoms with Gasteiger partial charge in [-0.05, 0) is 44.3 Å². The summed E-state index contributed by atoms with van der Waals surface area (Å²) in [6.07, 6.45) is 14.6. The van der Waals surface area contributed by atoms with Gasteiger partial charge in [0.25, 0.3) is 0 Å². The molecule has 1 atom stereocenters. The SMILES string of the molecule is C=C/C=C\C(=C/C)CCC(CC(=O)/C(C)=C/C=C(\C=C)CC)C(=O)O. The maximum Gasteiger partial charge on any atom is 0.306 e. The molecule has 25 heavy (non-hydrogen) atoms. The number of Topliss-reactive ketones (excluding diaryl/α,β-unsaturated/α-hetero) is 1. The molecular weight excluding hydrogens is 312 g/mol. The monoisotopic (exact) mass is 342 g/mol. The van der Waals surface area contributed by atoms with E-state index in [1.54, 1.807) is 25.2 Å². The lowest BCUT2D eigenvalue weighted by atomic mass is 9.92. The molecule has 0 rings (SSSR count). The highest BCUT2D eigenvalue weighted by atomic mass is 16.4. The fourth-order valence-electron chi connectivity index (χ4n) is 2.21. The topological polar surface area (TPSA) is 54.4 Å². The van der Waals surface area contributed by atoms with Gasteiger partial charge in [-0.3, -0.25) is 9.59 Å². The van der Waals surface area contributed by atoms with Crippen molar-refractivity contribution in [3.05, 3.63) is 72.4 Å². The molecule has 0 fully saturated rings. The van der Waals surface area contributed by atoms with Crippen molar-refractivity contribution in [2.24, 2.45) is 5.92 Å². The number of carboxylic acid groups (broad SMARTS) is 1. The van der Waals surface area contributed by atoms with E-state index in [0.717, 1.165) is 17.6 Å². The van der Waals surface area contributed by atoms with E-state index in [1.165, 1.54) is 0 Å². The molecule has 0 saturated carbocycles. The van der Waals surface area contributed by atoms with E-state index in [9.17, 15) is 14.7 Å². The molecule has 0 spiro atoms. The summed E-state index contributed by atoms with van der Waals surface area (Å²) in [7, 11) is 0. The lowest BCUT2D eigenvalue weighted by Crippen LogP contribution is -2.18. The van der Waals surface area contributed by atoms with Crippen LogP contribution in [0.5, 0.6) is 0 Å². The first-order valence-corrected chi connectivity index (χ1v) is 8.59. The summed E-state index contributed by atoms with van der Waals surface area (Å²) < 4.78 is 0. The number of hydrogen-bond donors (Lipinski definition) is 1. The minimum absolute atomic E-state index is 0.0171. The third kappa shape index (κ3) is 9.46. The minimum Gasteiger partial charge on any atom is -0.481 e. The molecule has 0 saturated heterocycles. The number of allylic oxidation sites excluding steroid dienone is 10. The number of ketones is 1. The summed E-state index contributed by atoms with van der Waals surface area (Å²) in [5, 5.41) is 9.41. The Labute approximate surface area is 151 Å². The lowest BCUT2D eigenvalue weighted by Gasteiger charge is -2.12. The molecule has 0 bridgehead atoms. The fraction of sp³-hybridized carbons (Fsp3) is 0.364. The number of carbonyl (C=O) groups excluding carboxylic acids is 1. The van der Waals surface area contributed by atoms with Crippen LogP contribution in [0.25, 0.3) is 0 Å². The third-order valence-corrected chi connectivity index (χ3v) is 4.04. The molecule has 0 amide bonds. The second-order valence-electron chi connectivity index (χ2n) is 5.81. The van der Waals surface area contributed by atoms with E-state index in [0.29, 0.717) is 18.4 Å². The van der Waals surface area contributed by atoms with Crippen LogP contribution in [0.2, 0.25) is 0 Å². The molecule has 3 heteroatoms. The van der Waals surface area contributed by atoms with Gasteiger partial charge in [-0.15, -0.1) is 0 Å². The first-order valence-electron chi connectivity index (χ1n) is 8.59. The van der Waals surface area contributed by atoms with E-state index < -0.39 is 11.9 Å². The van der Waals surface area contributed by atoms with Gasteiger partial charge in [0.1, 0.15) is 0 Å². The zero-order valence-corrected chi connectivity index (χ0v) is 15.6. The van der Waals surface area contributed by atoms with Gasteiger partial charge in [0.2, 0.25) is 0 Å². The Morgan fingerprint density at radius 1 is 1.16 bits per heavy atom. The second kappa shape index (κ2) is 12.9. The van der Waals surface area contributed by atoms with Gasteiger partial charge in [0, 0.05) is 6.42 Å². The average Bonchev–Trinajstić information content (AvgIpc) is 2.60. The predicted octanol–water partition coefficient (Wildman–Crippen LogP) is 5.58. The Kier molecular flexibility index (Phi) is 11.7. The lowest BCUT2D eigenvalue weighted by molar-refractivity contribution is -0.143. The molecule has 0 aromatic carbocycles. The van der Waals surface area contributed by atoms with E-state index in [4.69, 9.17) is 0 Å². The van der Waals surface area contributed by atoms with Crippen molar-refractivity contribution < 1.29 is 14.7 Å². The zero-order chi connectivity index (χ0) is 19.2. The van der Waals surface area contributed by atoms with Crippen LogP contribution in [0.3, 0.4) is 0 Å². The Balaban J connectivity index is 4.94. The largest absolute Gasteiger partial charge is 0.481 e. The Morgan fingerprint density at radius 3 is 2.32 bits per heavy atom. The molecule has 0 aliphatic carbocycles. The number of carboxylic acids is 1. The Hall–Kier alpha value is -2.42. The summed E-state index contributed by atoms with van der Waals surface area (Å²) in [5.41, 5.74) is 2.64. The van der Waals surface area contributed by atoms with Gasteiger partial charge in [-0.25, -0.2) is 0 Å². The molecule has 136 valence electrons. The molecule has 0 aliphatic heterocycles. The number of rotatable bonds is 12. The molecule has 0 heterocycles. The van der Waals surface area contributed by atoms with Crippen molar-refractivity contribution in [1.29, 1.82) is 0 Å². The summed E-state index contributed by atoms with van der Waals surface area (Å²) >= 11 is 0. The van der Waals surface area contributed by atoms with Crippen molar-refractivity contribution >= 4 is 11.8 Å². The van der Waals surface area contributed by atoms with Gasteiger partial charge in [0.15, 0.2) is 5.78 Å². The van der Waals surface area contributed by atoms with Gasteiger partial charge in [-0.1, -0.05) is 68.2 Å². The standard InChI is InChI=1S/C22H30O3/c1-6-10-11-19(9-4)14-15-20(22(24)25)16-21(23)17(5)12-13-18(7-2)8-3/h6-7,9-13,20H,1-2,8,14-16H2,3-5H3,(H,24,25)/b11-10-,17-12+,18-13+,19-9+. The molecular formula is C22H30O3. The molecule has 0 radical (unpaired) electrons. The van der Waals surface area contributed by atoms with Crippen LogP contribution in [0.4, 0.5) is 0 Å². The zero-order valence-electron chi connectivity index (χ0n) is 15.6. The van der Waals surface area contributed by atoms with Gasteiger partial charge in [-0.2, -0.15) is 0 Å². The van der Waals surface area contributed by atoms with Crippen LogP contribution in [0.15, 0.2) is 72.4 Å². The molecule has 0 aromatic heterocycles. The van der Waals surface area contributed by atoms with Crippen molar-refractivity contribution in [2.75, 3.05) is 0 Å². The summed E-state index contributed by atoms with van der Waals surface area (Å²) in [6.45, 7) is 13.0. The Bertz CT molecular complexity index is 601. The molecule has 1 unspecified atom stereocenters.